The average molecular weight is 950 g/mol. The van der Waals surface area contributed by atoms with E-state index in [0.717, 1.165) is 96.1 Å². The minimum Gasteiger partial charge on any atom is -0.466 e. The van der Waals surface area contributed by atoms with Gasteiger partial charge in [0.25, 0.3) is 0 Å². The predicted octanol–water partition coefficient (Wildman–Crippen LogP) is 8.70. The van der Waals surface area contributed by atoms with Crippen molar-refractivity contribution in [3.63, 3.8) is 0 Å². The molecule has 12 nitrogen and oxygen atoms in total. The minimum atomic E-state index is -0.705. The number of aryl methyl sites for hydroxylation is 3. The number of carbonyl (C=O) groups is 5. The van der Waals surface area contributed by atoms with Crippen LogP contribution in [0.25, 0.3) is 0 Å². The second kappa shape index (κ2) is 27.2. The molecule has 3 N–H and O–H groups in total. The van der Waals surface area contributed by atoms with Crippen LogP contribution in [0, 0.1) is 0 Å². The number of esters is 4. The maximum atomic E-state index is 11.5. The van der Waals surface area contributed by atoms with Crippen molar-refractivity contribution in [2.24, 2.45) is 0 Å². The van der Waals surface area contributed by atoms with Crippen LogP contribution in [-0.2, 0) is 78.4 Å². The molecule has 0 saturated carbocycles. The molecule has 0 radical (unpaired) electrons. The van der Waals surface area contributed by atoms with Crippen molar-refractivity contribution in [3.05, 3.63) is 115 Å². The number of hydrogen-bond acceptors (Lipinski definition) is 12. The van der Waals surface area contributed by atoms with Crippen molar-refractivity contribution in [1.29, 1.82) is 0 Å². The van der Waals surface area contributed by atoms with E-state index in [0.29, 0.717) is 28.8 Å². The van der Waals surface area contributed by atoms with Gasteiger partial charge < -0.3 is 39.1 Å². The number of aliphatic hydroxyl groups excluding tert-OH is 3. The Labute approximate surface area is 392 Å². The van der Waals surface area contributed by atoms with E-state index >= 15 is 0 Å². The summed E-state index contributed by atoms with van der Waals surface area (Å²) in [6, 6.07) is 16.9. The topological polar surface area (TPSA) is 183 Å². The Hall–Kier alpha value is -4.30. The standard InChI is InChI=1S/C14H17ClO3.C14H15ClO3.C12H15ClO2.C5H8O2.C4H8O2/c2*1-10(17)18-9-14(8-16)6-2-3-11-7-12(15)4-5-13(11)14;13-10-3-4-11-9(6-10)2-1-5-12(11,7-14)8-15;1-4(2)7-5(3)6;1-3-6-4(2)5/h4-5,7,16H,2-3,6,8-9H2,1H3;4-5,7-8H,2-3,6,9H2,1H3;3-4,6,14-15H,1-2,5,7-8H2;1H2,2-3H3;3H2,1-2H3/t2*14-;;;/m00.../s1. The lowest BCUT2D eigenvalue weighted by molar-refractivity contribution is -0.144. The normalized spacial score (nSPS) is 18.4. The lowest BCUT2D eigenvalue weighted by Gasteiger charge is -2.37. The summed E-state index contributed by atoms with van der Waals surface area (Å²) >= 11 is 17.9. The number of fused-ring (bicyclic) bond motifs is 3. The fraction of sp³-hybridized carbons (Fsp3) is 0.490. The zero-order valence-electron chi connectivity index (χ0n) is 37.7. The molecule has 0 saturated heterocycles. The first-order valence-electron chi connectivity index (χ1n) is 21.2. The Morgan fingerprint density at radius 3 is 1.34 bits per heavy atom. The highest BCUT2D eigenvalue weighted by Crippen LogP contribution is 2.40. The molecule has 352 valence electrons. The van der Waals surface area contributed by atoms with Gasteiger partial charge in [-0.05, 0) is 141 Å². The number of aldehydes is 1. The molecule has 3 aromatic rings. The largest absolute Gasteiger partial charge is 0.466 e. The van der Waals surface area contributed by atoms with E-state index in [2.05, 4.69) is 16.1 Å². The second-order valence-corrected chi connectivity index (χ2v) is 17.4. The van der Waals surface area contributed by atoms with E-state index in [4.69, 9.17) is 44.3 Å². The lowest BCUT2D eigenvalue weighted by Crippen LogP contribution is -2.39. The van der Waals surface area contributed by atoms with Gasteiger partial charge in [-0.3, -0.25) is 19.2 Å². The van der Waals surface area contributed by atoms with Crippen LogP contribution in [0.3, 0.4) is 0 Å². The maximum absolute atomic E-state index is 11.5. The number of carbonyl (C=O) groups excluding carboxylic acids is 5. The van der Waals surface area contributed by atoms with Gasteiger partial charge in [0.05, 0.1) is 43.0 Å². The summed E-state index contributed by atoms with van der Waals surface area (Å²) < 4.78 is 19.0. The van der Waals surface area contributed by atoms with Crippen molar-refractivity contribution < 1.29 is 58.2 Å². The van der Waals surface area contributed by atoms with Crippen molar-refractivity contribution in [3.8, 4) is 0 Å². The van der Waals surface area contributed by atoms with Crippen LogP contribution >= 0.6 is 34.8 Å². The second-order valence-electron chi connectivity index (χ2n) is 16.1. The number of allylic oxidation sites excluding steroid dienone is 1. The van der Waals surface area contributed by atoms with E-state index in [1.165, 1.54) is 27.7 Å². The molecule has 0 amide bonds. The maximum Gasteiger partial charge on any atom is 0.307 e. The van der Waals surface area contributed by atoms with Gasteiger partial charge >= 0.3 is 23.9 Å². The number of aliphatic hydroxyl groups is 3. The summed E-state index contributed by atoms with van der Waals surface area (Å²) in [6.45, 7) is 13.0. The molecule has 2 atom stereocenters. The molecule has 0 aliphatic heterocycles. The Morgan fingerprint density at radius 2 is 0.984 bits per heavy atom. The Bertz CT molecular complexity index is 2040. The van der Waals surface area contributed by atoms with Gasteiger partial charge in [0, 0.05) is 48.2 Å². The van der Waals surface area contributed by atoms with Gasteiger partial charge in [-0.2, -0.15) is 0 Å². The van der Waals surface area contributed by atoms with Gasteiger partial charge in [-0.25, -0.2) is 0 Å². The third-order valence-electron chi connectivity index (χ3n) is 11.0. The van der Waals surface area contributed by atoms with E-state index in [1.807, 2.05) is 48.5 Å². The molecular formula is C49H63Cl3O12. The van der Waals surface area contributed by atoms with Crippen molar-refractivity contribution in [2.75, 3.05) is 39.6 Å². The van der Waals surface area contributed by atoms with Crippen LogP contribution in [-0.4, -0.2) is 85.1 Å². The van der Waals surface area contributed by atoms with E-state index in [-0.39, 0.29) is 56.9 Å². The summed E-state index contributed by atoms with van der Waals surface area (Å²) in [6.07, 6.45) is 8.98. The van der Waals surface area contributed by atoms with Crippen LogP contribution in [0.1, 0.15) is 113 Å². The molecular weight excluding hydrogens is 887 g/mol. The van der Waals surface area contributed by atoms with Gasteiger partial charge in [0.2, 0.25) is 0 Å². The molecule has 0 aromatic heterocycles. The zero-order chi connectivity index (χ0) is 48.1. The van der Waals surface area contributed by atoms with Gasteiger partial charge in [-0.1, -0.05) is 59.6 Å². The molecule has 0 heterocycles. The van der Waals surface area contributed by atoms with Crippen molar-refractivity contribution in [2.45, 2.75) is 116 Å². The first-order chi connectivity index (χ1) is 30.3. The van der Waals surface area contributed by atoms with Crippen molar-refractivity contribution in [1.82, 2.24) is 0 Å². The van der Waals surface area contributed by atoms with Gasteiger partial charge in [0.1, 0.15) is 19.5 Å². The highest BCUT2D eigenvalue weighted by atomic mass is 35.5. The van der Waals surface area contributed by atoms with E-state index < -0.39 is 16.2 Å². The molecule has 6 rings (SSSR count). The van der Waals surface area contributed by atoms with Gasteiger partial charge in [0.15, 0.2) is 0 Å². The van der Waals surface area contributed by atoms with Crippen LogP contribution in [0.2, 0.25) is 15.1 Å². The molecule has 0 fully saturated rings. The summed E-state index contributed by atoms with van der Waals surface area (Å²) in [7, 11) is 0. The molecule has 3 aliphatic rings. The van der Waals surface area contributed by atoms with Crippen LogP contribution in [0.15, 0.2) is 66.9 Å². The molecule has 0 spiro atoms. The van der Waals surface area contributed by atoms with Crippen molar-refractivity contribution >= 4 is 65.0 Å². The third kappa shape index (κ3) is 16.9. The Morgan fingerprint density at radius 1 is 0.594 bits per heavy atom. The molecule has 64 heavy (non-hydrogen) atoms. The van der Waals surface area contributed by atoms with Crippen LogP contribution < -0.4 is 0 Å². The first-order valence-corrected chi connectivity index (χ1v) is 22.3. The number of ether oxygens (including phenoxy) is 4. The van der Waals surface area contributed by atoms with Crippen LogP contribution in [0.5, 0.6) is 0 Å². The summed E-state index contributed by atoms with van der Waals surface area (Å²) in [5.41, 5.74) is 4.81. The molecule has 3 aliphatic carbocycles. The minimum absolute atomic E-state index is 0.00185. The summed E-state index contributed by atoms with van der Waals surface area (Å²) in [5.74, 6) is -0.765. The fourth-order valence-electron chi connectivity index (χ4n) is 8.02. The summed E-state index contributed by atoms with van der Waals surface area (Å²) in [4.78, 5) is 53.2. The Balaban J connectivity index is 0.000000291. The zero-order valence-corrected chi connectivity index (χ0v) is 40.0. The SMILES string of the molecule is C=C(C)OC(C)=O.CC(=O)OC[C@@]1(C=O)CCCc2cc(Cl)ccc21.CC(=O)OC[C@@]1(CO)CCCc2cc(Cl)ccc21.CCOC(C)=O.OCC1(CO)CCCc2cc(Cl)ccc21. The van der Waals surface area contributed by atoms with E-state index in [9.17, 15) is 39.3 Å². The molecule has 0 bridgehead atoms. The molecule has 0 unspecified atom stereocenters. The molecule has 3 aromatic carbocycles. The number of rotatable bonds is 10. The smallest absolute Gasteiger partial charge is 0.307 e. The number of benzene rings is 3. The number of halogens is 3. The average Bonchev–Trinajstić information content (AvgIpc) is 3.24. The quantitative estimate of drug-likeness (QED) is 0.0762. The monoisotopic (exact) mass is 948 g/mol. The van der Waals surface area contributed by atoms with Crippen LogP contribution in [0.4, 0.5) is 0 Å². The highest BCUT2D eigenvalue weighted by Gasteiger charge is 2.39. The van der Waals surface area contributed by atoms with Gasteiger partial charge in [-0.15, -0.1) is 0 Å². The number of hydrogen-bond donors (Lipinski definition) is 3. The Kier molecular flexibility index (Phi) is 23.8. The first kappa shape index (κ1) is 55.8. The summed E-state index contributed by atoms with van der Waals surface area (Å²) in [5, 5.41) is 30.8. The third-order valence-corrected chi connectivity index (χ3v) is 11.7. The predicted molar refractivity (Wildman–Crippen MR) is 248 cm³/mol. The molecule has 15 heteroatoms. The fourth-order valence-corrected chi connectivity index (χ4v) is 8.61. The highest BCUT2D eigenvalue weighted by molar-refractivity contribution is 6.31. The van der Waals surface area contributed by atoms with E-state index in [1.54, 1.807) is 19.9 Å². The lowest BCUT2D eigenvalue weighted by atomic mass is 9.71.